The van der Waals surface area contributed by atoms with Crippen LogP contribution in [0.15, 0.2) is 24.3 Å². The second-order valence-corrected chi connectivity index (χ2v) is 3.63. The number of hydrogen-bond donors (Lipinski definition) is 3. The molecule has 0 amide bonds. The van der Waals surface area contributed by atoms with E-state index in [0.717, 1.165) is 5.69 Å². The molecule has 0 aromatic heterocycles. The van der Waals surface area contributed by atoms with Crippen molar-refractivity contribution in [3.8, 4) is 0 Å². The lowest BCUT2D eigenvalue weighted by atomic mass is 10.2. The van der Waals surface area contributed by atoms with E-state index in [1.54, 1.807) is 0 Å². The van der Waals surface area contributed by atoms with Gasteiger partial charge in [-0.3, -0.25) is 0 Å². The van der Waals surface area contributed by atoms with Crippen LogP contribution in [0.1, 0.15) is 0 Å². The Kier molecular flexibility index (Phi) is 2.31. The molecule has 2 rings (SSSR count). The quantitative estimate of drug-likeness (QED) is 0.542. The van der Waals surface area contributed by atoms with Gasteiger partial charge in [-0.15, -0.1) is 0 Å². The SMILES string of the molecule is Nc1ccc(N2CC(O)C(O)C2)cc1. The highest BCUT2D eigenvalue weighted by Crippen LogP contribution is 2.21. The molecule has 0 spiro atoms. The topological polar surface area (TPSA) is 69.7 Å². The number of aliphatic hydroxyl groups is 2. The Morgan fingerprint density at radius 2 is 1.57 bits per heavy atom. The zero-order valence-electron chi connectivity index (χ0n) is 7.80. The van der Waals surface area contributed by atoms with Gasteiger partial charge in [0.1, 0.15) is 0 Å². The first-order valence-electron chi connectivity index (χ1n) is 4.63. The molecule has 0 saturated carbocycles. The smallest absolute Gasteiger partial charge is 0.0990 e. The number of aliphatic hydroxyl groups excluding tert-OH is 2. The van der Waals surface area contributed by atoms with Crippen LogP contribution in [0.4, 0.5) is 11.4 Å². The average molecular weight is 194 g/mol. The van der Waals surface area contributed by atoms with E-state index in [0.29, 0.717) is 18.8 Å². The van der Waals surface area contributed by atoms with E-state index in [4.69, 9.17) is 5.73 Å². The number of hydrogen-bond acceptors (Lipinski definition) is 4. The Labute approximate surface area is 82.6 Å². The maximum Gasteiger partial charge on any atom is 0.0990 e. The number of nitrogen functional groups attached to an aromatic ring is 1. The minimum absolute atomic E-state index is 0.477. The van der Waals surface area contributed by atoms with Crippen molar-refractivity contribution in [2.45, 2.75) is 12.2 Å². The molecule has 4 nitrogen and oxygen atoms in total. The van der Waals surface area contributed by atoms with Gasteiger partial charge < -0.3 is 20.8 Å². The molecule has 1 fully saturated rings. The van der Waals surface area contributed by atoms with Crippen molar-refractivity contribution in [1.29, 1.82) is 0 Å². The van der Waals surface area contributed by atoms with Gasteiger partial charge in [0.2, 0.25) is 0 Å². The molecule has 4 heteroatoms. The molecule has 1 aliphatic heterocycles. The molecule has 4 N–H and O–H groups in total. The van der Waals surface area contributed by atoms with Crippen LogP contribution in [0, 0.1) is 0 Å². The molecular weight excluding hydrogens is 180 g/mol. The van der Waals surface area contributed by atoms with E-state index in [2.05, 4.69) is 0 Å². The highest BCUT2D eigenvalue weighted by atomic mass is 16.3. The lowest BCUT2D eigenvalue weighted by molar-refractivity contribution is 0.0572. The zero-order chi connectivity index (χ0) is 10.1. The fourth-order valence-electron chi connectivity index (χ4n) is 1.67. The normalized spacial score (nSPS) is 26.9. The van der Waals surface area contributed by atoms with Crippen molar-refractivity contribution in [2.24, 2.45) is 0 Å². The zero-order valence-corrected chi connectivity index (χ0v) is 7.80. The standard InChI is InChI=1S/C10H14N2O2/c11-7-1-3-8(4-2-7)12-5-9(13)10(14)6-12/h1-4,9-10,13-14H,5-6,11H2. The van der Waals surface area contributed by atoms with Gasteiger partial charge in [-0.1, -0.05) is 0 Å². The van der Waals surface area contributed by atoms with E-state index >= 15 is 0 Å². The van der Waals surface area contributed by atoms with Crippen LogP contribution in [0.25, 0.3) is 0 Å². The number of nitrogens with zero attached hydrogens (tertiary/aromatic N) is 1. The minimum Gasteiger partial charge on any atom is -0.399 e. The first-order valence-corrected chi connectivity index (χ1v) is 4.63. The fourth-order valence-corrected chi connectivity index (χ4v) is 1.67. The van der Waals surface area contributed by atoms with E-state index < -0.39 is 12.2 Å². The summed E-state index contributed by atoms with van der Waals surface area (Å²) in [5.41, 5.74) is 7.26. The van der Waals surface area contributed by atoms with Crippen LogP contribution >= 0.6 is 0 Å². The molecule has 0 bridgehead atoms. The van der Waals surface area contributed by atoms with Crippen LogP contribution in [0.5, 0.6) is 0 Å². The second-order valence-electron chi connectivity index (χ2n) is 3.63. The molecule has 1 aliphatic rings. The molecule has 1 aromatic rings. The molecule has 14 heavy (non-hydrogen) atoms. The predicted molar refractivity (Wildman–Crippen MR) is 55.1 cm³/mol. The van der Waals surface area contributed by atoms with Gasteiger partial charge in [-0.05, 0) is 24.3 Å². The van der Waals surface area contributed by atoms with Crippen molar-refractivity contribution >= 4 is 11.4 Å². The first-order chi connectivity index (χ1) is 6.66. The third kappa shape index (κ3) is 1.66. The molecule has 1 aromatic carbocycles. The monoisotopic (exact) mass is 194 g/mol. The Hall–Kier alpha value is -1.26. The van der Waals surface area contributed by atoms with E-state index in [9.17, 15) is 10.2 Å². The molecule has 76 valence electrons. The molecule has 1 heterocycles. The van der Waals surface area contributed by atoms with Crippen LogP contribution in [0.2, 0.25) is 0 Å². The number of anilines is 2. The van der Waals surface area contributed by atoms with Gasteiger partial charge >= 0.3 is 0 Å². The van der Waals surface area contributed by atoms with Crippen LogP contribution < -0.4 is 10.6 Å². The maximum absolute atomic E-state index is 9.37. The predicted octanol–water partition coefficient (Wildman–Crippen LogP) is -0.189. The summed E-state index contributed by atoms with van der Waals surface area (Å²) in [6, 6.07) is 7.40. The third-order valence-corrected chi connectivity index (χ3v) is 2.52. The van der Waals surface area contributed by atoms with Crippen molar-refractivity contribution in [1.82, 2.24) is 0 Å². The van der Waals surface area contributed by atoms with Gasteiger partial charge in [-0.2, -0.15) is 0 Å². The van der Waals surface area contributed by atoms with Crippen LogP contribution in [0.3, 0.4) is 0 Å². The third-order valence-electron chi connectivity index (χ3n) is 2.52. The summed E-state index contributed by atoms with van der Waals surface area (Å²) in [6.45, 7) is 0.955. The van der Waals surface area contributed by atoms with Crippen molar-refractivity contribution in [3.63, 3.8) is 0 Å². The molecule has 0 aliphatic carbocycles. The van der Waals surface area contributed by atoms with E-state index in [-0.39, 0.29) is 0 Å². The number of rotatable bonds is 1. The van der Waals surface area contributed by atoms with Crippen molar-refractivity contribution < 1.29 is 10.2 Å². The van der Waals surface area contributed by atoms with Gasteiger partial charge in [-0.25, -0.2) is 0 Å². The van der Waals surface area contributed by atoms with E-state index in [1.165, 1.54) is 0 Å². The molecular formula is C10H14N2O2. The molecule has 2 atom stereocenters. The largest absolute Gasteiger partial charge is 0.399 e. The second kappa shape index (κ2) is 3.48. The first kappa shape index (κ1) is 9.30. The Balaban J connectivity index is 2.13. The Bertz CT molecular complexity index is 302. The van der Waals surface area contributed by atoms with Gasteiger partial charge in [0.15, 0.2) is 0 Å². The number of nitrogens with two attached hydrogens (primary N) is 1. The fraction of sp³-hybridized carbons (Fsp3) is 0.400. The van der Waals surface area contributed by atoms with Crippen LogP contribution in [-0.2, 0) is 0 Å². The summed E-state index contributed by atoms with van der Waals surface area (Å²) in [4.78, 5) is 1.94. The van der Waals surface area contributed by atoms with Crippen molar-refractivity contribution in [2.75, 3.05) is 23.7 Å². The summed E-state index contributed by atoms with van der Waals surface area (Å²) in [5, 5.41) is 18.7. The number of benzene rings is 1. The highest BCUT2D eigenvalue weighted by Gasteiger charge is 2.29. The summed E-state index contributed by atoms with van der Waals surface area (Å²) < 4.78 is 0. The number of β-amino-alcohol motifs (C(OH)–C–C–N with tert-alkyl or cyclic N) is 2. The Morgan fingerprint density at radius 1 is 1.07 bits per heavy atom. The summed E-state index contributed by atoms with van der Waals surface area (Å²) in [5.74, 6) is 0. The van der Waals surface area contributed by atoms with Gasteiger partial charge in [0.25, 0.3) is 0 Å². The van der Waals surface area contributed by atoms with Crippen LogP contribution in [-0.4, -0.2) is 35.5 Å². The lowest BCUT2D eigenvalue weighted by Crippen LogP contribution is -2.22. The summed E-state index contributed by atoms with van der Waals surface area (Å²) >= 11 is 0. The maximum atomic E-state index is 9.37. The molecule has 1 saturated heterocycles. The minimum atomic E-state index is -0.646. The van der Waals surface area contributed by atoms with Gasteiger partial charge in [0, 0.05) is 24.5 Å². The lowest BCUT2D eigenvalue weighted by Gasteiger charge is -2.17. The summed E-state index contributed by atoms with van der Waals surface area (Å²) in [7, 11) is 0. The Morgan fingerprint density at radius 3 is 2.07 bits per heavy atom. The van der Waals surface area contributed by atoms with Gasteiger partial charge in [0.05, 0.1) is 12.2 Å². The van der Waals surface area contributed by atoms with E-state index in [1.807, 2.05) is 29.2 Å². The summed E-state index contributed by atoms with van der Waals surface area (Å²) in [6.07, 6.45) is -1.29. The highest BCUT2D eigenvalue weighted by molar-refractivity contribution is 5.54. The molecule has 0 radical (unpaired) electrons. The van der Waals surface area contributed by atoms with Crippen molar-refractivity contribution in [3.05, 3.63) is 24.3 Å². The molecule has 2 unspecified atom stereocenters. The average Bonchev–Trinajstić information content (AvgIpc) is 2.48.